The van der Waals surface area contributed by atoms with Gasteiger partial charge in [-0.3, -0.25) is 14.5 Å². The molecule has 25 heavy (non-hydrogen) atoms. The average molecular weight is 346 g/mol. The molecule has 1 aromatic carbocycles. The number of carbonyl (C=O) groups excluding carboxylic acids is 1. The van der Waals surface area contributed by atoms with Crippen molar-refractivity contribution in [2.45, 2.75) is 25.4 Å². The zero-order valence-corrected chi connectivity index (χ0v) is 14.6. The summed E-state index contributed by atoms with van der Waals surface area (Å²) in [6, 6.07) is 3.62. The number of carbonyl (C=O) groups is 1. The highest BCUT2D eigenvalue weighted by Gasteiger charge is 2.23. The fourth-order valence-corrected chi connectivity index (χ4v) is 2.65. The van der Waals surface area contributed by atoms with E-state index in [0.29, 0.717) is 40.8 Å². The van der Waals surface area contributed by atoms with Crippen LogP contribution < -0.4 is 20.3 Å². The fourth-order valence-electron chi connectivity index (χ4n) is 2.65. The van der Waals surface area contributed by atoms with Gasteiger partial charge in [-0.25, -0.2) is 4.98 Å². The van der Waals surface area contributed by atoms with Crippen LogP contribution in [0.1, 0.15) is 18.7 Å². The number of amides is 1. The molecule has 1 saturated carbocycles. The molecular weight excluding hydrogens is 324 g/mol. The van der Waals surface area contributed by atoms with Crippen molar-refractivity contribution in [1.82, 2.24) is 20.2 Å². The Morgan fingerprint density at radius 1 is 1.32 bits per heavy atom. The van der Waals surface area contributed by atoms with Crippen molar-refractivity contribution in [1.29, 1.82) is 0 Å². The van der Waals surface area contributed by atoms with E-state index in [9.17, 15) is 9.59 Å². The first kappa shape index (κ1) is 17.2. The van der Waals surface area contributed by atoms with Gasteiger partial charge in [-0.05, 0) is 26.0 Å². The summed E-state index contributed by atoms with van der Waals surface area (Å²) in [5.41, 5.74) is 0.268. The van der Waals surface area contributed by atoms with E-state index in [2.05, 4.69) is 15.3 Å². The van der Waals surface area contributed by atoms with Crippen LogP contribution in [0.3, 0.4) is 0 Å². The predicted octanol–water partition coefficient (Wildman–Crippen LogP) is 0.651. The van der Waals surface area contributed by atoms with Gasteiger partial charge in [0, 0.05) is 12.1 Å². The zero-order valence-electron chi connectivity index (χ0n) is 14.6. The number of ether oxygens (including phenoxy) is 2. The number of fused-ring (bicyclic) bond motifs is 1. The van der Waals surface area contributed by atoms with Crippen LogP contribution in [0.5, 0.6) is 11.5 Å². The maximum atomic E-state index is 12.3. The standard InChI is InChI=1S/C17H22N4O4/c1-21(9-16(22)18-10-4-5-10)8-15-19-12-7-14(25-3)13(24-2)6-11(12)17(23)20-15/h6-7,10H,4-5,8-9H2,1-3H3,(H,18,22)(H,19,20,23). The first-order chi connectivity index (χ1) is 12.0. The molecule has 0 aliphatic heterocycles. The molecule has 8 nitrogen and oxygen atoms in total. The highest BCUT2D eigenvalue weighted by Crippen LogP contribution is 2.29. The maximum absolute atomic E-state index is 12.3. The predicted molar refractivity (Wildman–Crippen MR) is 93.0 cm³/mol. The van der Waals surface area contributed by atoms with Gasteiger partial charge >= 0.3 is 0 Å². The van der Waals surface area contributed by atoms with Gasteiger partial charge in [0.2, 0.25) is 5.91 Å². The number of methoxy groups -OCH3 is 2. The lowest BCUT2D eigenvalue weighted by atomic mass is 10.2. The van der Waals surface area contributed by atoms with E-state index in [0.717, 1.165) is 12.8 Å². The first-order valence-electron chi connectivity index (χ1n) is 8.13. The Labute approximate surface area is 145 Å². The van der Waals surface area contributed by atoms with E-state index in [4.69, 9.17) is 9.47 Å². The number of rotatable bonds is 7. The smallest absolute Gasteiger partial charge is 0.258 e. The molecule has 2 N–H and O–H groups in total. The quantitative estimate of drug-likeness (QED) is 0.764. The molecule has 0 unspecified atom stereocenters. The topological polar surface area (TPSA) is 96.5 Å². The van der Waals surface area contributed by atoms with Gasteiger partial charge in [0.1, 0.15) is 5.82 Å². The number of hydrogen-bond donors (Lipinski definition) is 2. The van der Waals surface area contributed by atoms with E-state index in [1.807, 2.05) is 11.9 Å². The largest absolute Gasteiger partial charge is 0.493 e. The van der Waals surface area contributed by atoms with Crippen molar-refractivity contribution in [3.8, 4) is 11.5 Å². The molecular formula is C17H22N4O4. The minimum Gasteiger partial charge on any atom is -0.493 e. The fraction of sp³-hybridized carbons (Fsp3) is 0.471. The first-order valence-corrected chi connectivity index (χ1v) is 8.13. The van der Waals surface area contributed by atoms with Crippen LogP contribution in [-0.2, 0) is 11.3 Å². The molecule has 1 heterocycles. The molecule has 134 valence electrons. The summed E-state index contributed by atoms with van der Waals surface area (Å²) in [6.45, 7) is 0.613. The van der Waals surface area contributed by atoms with Crippen LogP contribution in [0.2, 0.25) is 0 Å². The SMILES string of the molecule is COc1cc2nc(CN(C)CC(=O)NC3CC3)[nH]c(=O)c2cc1OC. The molecule has 0 spiro atoms. The van der Waals surface area contributed by atoms with Crippen molar-refractivity contribution >= 4 is 16.8 Å². The number of H-pyrrole nitrogens is 1. The van der Waals surface area contributed by atoms with E-state index in [-0.39, 0.29) is 18.0 Å². The van der Waals surface area contributed by atoms with E-state index in [1.165, 1.54) is 14.2 Å². The Morgan fingerprint density at radius 3 is 2.64 bits per heavy atom. The number of likely N-dealkylation sites (N-methyl/N-ethyl adjacent to an activating group) is 1. The third-order valence-corrected chi connectivity index (χ3v) is 4.04. The molecule has 1 fully saturated rings. The van der Waals surface area contributed by atoms with Gasteiger partial charge in [-0.1, -0.05) is 0 Å². The third kappa shape index (κ3) is 4.08. The number of nitrogens with zero attached hydrogens (tertiary/aromatic N) is 2. The van der Waals surface area contributed by atoms with Crippen molar-refractivity contribution in [3.63, 3.8) is 0 Å². The van der Waals surface area contributed by atoms with Gasteiger partial charge < -0.3 is 19.8 Å². The Bertz CT molecular complexity index is 844. The van der Waals surface area contributed by atoms with Crippen LogP contribution in [0.4, 0.5) is 0 Å². The molecule has 1 amide bonds. The van der Waals surface area contributed by atoms with Gasteiger partial charge in [0.05, 0.1) is 38.2 Å². The normalized spacial score (nSPS) is 13.9. The number of benzene rings is 1. The Balaban J connectivity index is 1.79. The molecule has 1 aromatic heterocycles. The summed E-state index contributed by atoms with van der Waals surface area (Å²) in [5.74, 6) is 1.46. The Hall–Kier alpha value is -2.61. The van der Waals surface area contributed by atoms with Crippen LogP contribution in [0.15, 0.2) is 16.9 Å². The Kier molecular flexibility index (Phi) is 4.89. The minimum absolute atomic E-state index is 0.0143. The van der Waals surface area contributed by atoms with Crippen LogP contribution in [0.25, 0.3) is 10.9 Å². The maximum Gasteiger partial charge on any atom is 0.258 e. The monoisotopic (exact) mass is 346 g/mol. The summed E-state index contributed by atoms with van der Waals surface area (Å²) in [5, 5.41) is 3.36. The number of aromatic amines is 1. The number of aromatic nitrogens is 2. The van der Waals surface area contributed by atoms with E-state index in [1.54, 1.807) is 12.1 Å². The molecule has 0 radical (unpaired) electrons. The lowest BCUT2D eigenvalue weighted by Crippen LogP contribution is -2.36. The molecule has 0 saturated heterocycles. The summed E-state index contributed by atoms with van der Waals surface area (Å²) >= 11 is 0. The van der Waals surface area contributed by atoms with Crippen LogP contribution in [-0.4, -0.2) is 54.6 Å². The van der Waals surface area contributed by atoms with Crippen molar-refractivity contribution < 1.29 is 14.3 Å². The second-order valence-electron chi connectivity index (χ2n) is 6.25. The number of hydrogen-bond acceptors (Lipinski definition) is 6. The summed E-state index contributed by atoms with van der Waals surface area (Å²) < 4.78 is 10.5. The molecule has 8 heteroatoms. The third-order valence-electron chi connectivity index (χ3n) is 4.04. The van der Waals surface area contributed by atoms with Gasteiger partial charge in [0.25, 0.3) is 5.56 Å². The van der Waals surface area contributed by atoms with Gasteiger partial charge in [-0.15, -0.1) is 0 Å². The van der Waals surface area contributed by atoms with E-state index < -0.39 is 0 Å². The van der Waals surface area contributed by atoms with Crippen LogP contribution >= 0.6 is 0 Å². The molecule has 3 rings (SSSR count). The lowest BCUT2D eigenvalue weighted by Gasteiger charge is -2.16. The van der Waals surface area contributed by atoms with Crippen molar-refractivity contribution in [3.05, 3.63) is 28.3 Å². The van der Waals surface area contributed by atoms with Crippen molar-refractivity contribution in [2.24, 2.45) is 0 Å². The second-order valence-corrected chi connectivity index (χ2v) is 6.25. The van der Waals surface area contributed by atoms with Crippen molar-refractivity contribution in [2.75, 3.05) is 27.8 Å². The summed E-state index contributed by atoms with van der Waals surface area (Å²) in [4.78, 5) is 33.2. The highest BCUT2D eigenvalue weighted by molar-refractivity contribution is 5.82. The number of nitrogens with one attached hydrogen (secondary N) is 2. The zero-order chi connectivity index (χ0) is 18.0. The lowest BCUT2D eigenvalue weighted by molar-refractivity contribution is -0.122. The molecule has 2 aromatic rings. The second kappa shape index (κ2) is 7.10. The highest BCUT2D eigenvalue weighted by atomic mass is 16.5. The van der Waals surface area contributed by atoms with Gasteiger partial charge in [0.15, 0.2) is 11.5 Å². The average Bonchev–Trinajstić information content (AvgIpc) is 3.37. The van der Waals surface area contributed by atoms with Gasteiger partial charge in [-0.2, -0.15) is 0 Å². The minimum atomic E-state index is -0.253. The molecule has 1 aliphatic carbocycles. The summed E-state index contributed by atoms with van der Waals surface area (Å²) in [7, 11) is 4.86. The summed E-state index contributed by atoms with van der Waals surface area (Å²) in [6.07, 6.45) is 2.11. The van der Waals surface area contributed by atoms with E-state index >= 15 is 0 Å². The molecule has 0 bridgehead atoms. The van der Waals surface area contributed by atoms with Crippen LogP contribution in [0, 0.1) is 0 Å². The molecule has 1 aliphatic rings. The Morgan fingerprint density at radius 2 is 2.00 bits per heavy atom. The molecule has 0 atom stereocenters.